The highest BCUT2D eigenvalue weighted by molar-refractivity contribution is 9.10. The molecule has 106 valence electrons. The van der Waals surface area contributed by atoms with Crippen LogP contribution < -0.4 is 5.32 Å². The van der Waals surface area contributed by atoms with E-state index >= 15 is 0 Å². The number of benzene rings is 1. The topological polar surface area (TPSA) is 12.0 Å². The van der Waals surface area contributed by atoms with Gasteiger partial charge in [-0.05, 0) is 46.8 Å². The van der Waals surface area contributed by atoms with Crippen LogP contribution in [-0.4, -0.2) is 11.9 Å². The smallest absolute Gasteiger partial charge is 0.144 e. The van der Waals surface area contributed by atoms with E-state index in [2.05, 4.69) is 21.2 Å². The van der Waals surface area contributed by atoms with E-state index in [9.17, 15) is 8.78 Å². The molecule has 1 aromatic rings. The van der Waals surface area contributed by atoms with Gasteiger partial charge in [0, 0.05) is 24.0 Å². The molecule has 0 aliphatic heterocycles. The molecule has 1 aliphatic carbocycles. The molecule has 0 aromatic heterocycles. The molecule has 1 aliphatic rings. The maximum absolute atomic E-state index is 13.8. The third-order valence-corrected chi connectivity index (χ3v) is 4.80. The van der Waals surface area contributed by atoms with Gasteiger partial charge in [0.05, 0.1) is 4.47 Å². The molecule has 0 heterocycles. The summed E-state index contributed by atoms with van der Waals surface area (Å²) in [6, 6.07) is 2.92. The molecule has 0 bridgehead atoms. The molecule has 5 heteroatoms. The van der Waals surface area contributed by atoms with Gasteiger partial charge in [0.2, 0.25) is 0 Å². The predicted molar refractivity (Wildman–Crippen MR) is 77.4 cm³/mol. The summed E-state index contributed by atoms with van der Waals surface area (Å²) in [6.45, 7) is 0.204. The molecular weight excluding hydrogens is 336 g/mol. The van der Waals surface area contributed by atoms with E-state index in [1.54, 1.807) is 0 Å². The molecule has 2 atom stereocenters. The Hall–Kier alpha value is -0.190. The van der Waals surface area contributed by atoms with Crippen molar-refractivity contribution in [3.8, 4) is 0 Å². The molecule has 0 radical (unpaired) electrons. The van der Waals surface area contributed by atoms with Crippen LogP contribution in [0.2, 0.25) is 0 Å². The van der Waals surface area contributed by atoms with Gasteiger partial charge in [0.25, 0.3) is 0 Å². The van der Waals surface area contributed by atoms with Gasteiger partial charge in [-0.25, -0.2) is 8.78 Å². The number of hydrogen-bond acceptors (Lipinski definition) is 1. The molecule has 2 rings (SSSR count). The van der Waals surface area contributed by atoms with Gasteiger partial charge in [-0.15, -0.1) is 11.6 Å². The number of alkyl halides is 1. The minimum Gasteiger partial charge on any atom is -0.309 e. The number of rotatable bonds is 4. The lowest BCUT2D eigenvalue weighted by Crippen LogP contribution is -2.39. The Morgan fingerprint density at radius 1 is 1.26 bits per heavy atom. The Morgan fingerprint density at radius 3 is 2.74 bits per heavy atom. The lowest BCUT2D eigenvalue weighted by Gasteiger charge is -2.31. The number of halogens is 4. The second-order valence-electron chi connectivity index (χ2n) is 5.01. The van der Waals surface area contributed by atoms with Crippen molar-refractivity contribution in [3.63, 3.8) is 0 Å². The number of hydrogen-bond donors (Lipinski definition) is 1. The van der Waals surface area contributed by atoms with Gasteiger partial charge in [-0.1, -0.05) is 12.8 Å². The van der Waals surface area contributed by atoms with Crippen molar-refractivity contribution in [3.05, 3.63) is 33.8 Å². The number of nitrogens with one attached hydrogen (secondary N) is 1. The van der Waals surface area contributed by atoms with Crippen LogP contribution in [0.3, 0.4) is 0 Å². The van der Waals surface area contributed by atoms with Gasteiger partial charge in [-0.3, -0.25) is 0 Å². The summed E-state index contributed by atoms with van der Waals surface area (Å²) in [7, 11) is 0. The van der Waals surface area contributed by atoms with Crippen molar-refractivity contribution in [1.82, 2.24) is 5.32 Å². The highest BCUT2D eigenvalue weighted by Gasteiger charge is 2.24. The van der Waals surface area contributed by atoms with Gasteiger partial charge in [-0.2, -0.15) is 0 Å². The van der Waals surface area contributed by atoms with Gasteiger partial charge < -0.3 is 5.32 Å². The van der Waals surface area contributed by atoms with Gasteiger partial charge in [0.1, 0.15) is 11.6 Å². The first-order chi connectivity index (χ1) is 9.13. The lowest BCUT2D eigenvalue weighted by atomic mass is 9.85. The first kappa shape index (κ1) is 15.2. The van der Waals surface area contributed by atoms with E-state index in [1.807, 2.05) is 0 Å². The quantitative estimate of drug-likeness (QED) is 0.616. The molecule has 2 unspecified atom stereocenters. The standard InChI is InChI=1S/C14H17BrClF2N/c15-11-5-6-12(17)10(14(11)18)8-19-13-4-2-1-3-9(13)7-16/h5-6,9,13,19H,1-4,7-8H2. The summed E-state index contributed by atoms with van der Waals surface area (Å²) < 4.78 is 27.8. The van der Waals surface area contributed by atoms with E-state index in [0.29, 0.717) is 16.3 Å². The molecule has 0 spiro atoms. The zero-order valence-corrected chi connectivity index (χ0v) is 12.9. The van der Waals surface area contributed by atoms with Crippen LogP contribution in [0.15, 0.2) is 16.6 Å². The molecule has 19 heavy (non-hydrogen) atoms. The van der Waals surface area contributed by atoms with Crippen LogP contribution in [0.25, 0.3) is 0 Å². The Morgan fingerprint density at radius 2 is 2.00 bits per heavy atom. The Balaban J connectivity index is 2.04. The first-order valence-corrected chi connectivity index (χ1v) is 7.88. The molecule has 1 aromatic carbocycles. The average Bonchev–Trinajstić information content (AvgIpc) is 2.43. The lowest BCUT2D eigenvalue weighted by molar-refractivity contribution is 0.280. The van der Waals surface area contributed by atoms with Crippen LogP contribution in [0.1, 0.15) is 31.2 Å². The van der Waals surface area contributed by atoms with Crippen LogP contribution in [0.4, 0.5) is 8.78 Å². The molecule has 1 saturated carbocycles. The van der Waals surface area contributed by atoms with Crippen molar-refractivity contribution in [2.75, 3.05) is 5.88 Å². The summed E-state index contributed by atoms with van der Waals surface area (Å²) in [6.07, 6.45) is 4.45. The van der Waals surface area contributed by atoms with Crippen molar-refractivity contribution in [2.45, 2.75) is 38.3 Å². The van der Waals surface area contributed by atoms with Crippen molar-refractivity contribution < 1.29 is 8.78 Å². The molecule has 1 N–H and O–H groups in total. The molecule has 1 fully saturated rings. The van der Waals surface area contributed by atoms with E-state index in [-0.39, 0.29) is 18.2 Å². The van der Waals surface area contributed by atoms with Gasteiger partial charge >= 0.3 is 0 Å². The zero-order chi connectivity index (χ0) is 13.8. The SMILES string of the molecule is Fc1ccc(Br)c(F)c1CNC1CCCCC1CCl. The summed E-state index contributed by atoms with van der Waals surface area (Å²) in [4.78, 5) is 0. The Labute approximate surface area is 125 Å². The fourth-order valence-corrected chi connectivity index (χ4v) is 3.37. The first-order valence-electron chi connectivity index (χ1n) is 6.55. The van der Waals surface area contributed by atoms with Crippen LogP contribution in [-0.2, 0) is 6.54 Å². The molecular formula is C14H17BrClF2N. The fraction of sp³-hybridized carbons (Fsp3) is 0.571. The fourth-order valence-electron chi connectivity index (χ4n) is 2.63. The summed E-state index contributed by atoms with van der Waals surface area (Å²) in [5.74, 6) is -0.0351. The second kappa shape index (κ2) is 7.00. The van der Waals surface area contributed by atoms with E-state index in [4.69, 9.17) is 11.6 Å². The van der Waals surface area contributed by atoms with Crippen LogP contribution in [0, 0.1) is 17.6 Å². The predicted octanol–water partition coefficient (Wildman–Crippen LogP) is 4.61. The summed E-state index contributed by atoms with van der Waals surface area (Å²) >= 11 is 9.03. The second-order valence-corrected chi connectivity index (χ2v) is 6.17. The third-order valence-electron chi connectivity index (χ3n) is 3.79. The average molecular weight is 353 g/mol. The molecule has 0 amide bonds. The summed E-state index contributed by atoms with van der Waals surface area (Å²) in [5.41, 5.74) is 0.0910. The Kier molecular flexibility index (Phi) is 5.60. The van der Waals surface area contributed by atoms with Crippen LogP contribution in [0.5, 0.6) is 0 Å². The molecule has 0 saturated heterocycles. The third kappa shape index (κ3) is 3.67. The summed E-state index contributed by atoms with van der Waals surface area (Å²) in [5, 5.41) is 3.26. The van der Waals surface area contributed by atoms with E-state index in [0.717, 1.165) is 19.3 Å². The van der Waals surface area contributed by atoms with E-state index in [1.165, 1.54) is 18.6 Å². The van der Waals surface area contributed by atoms with E-state index < -0.39 is 11.6 Å². The van der Waals surface area contributed by atoms with Crippen molar-refractivity contribution >= 4 is 27.5 Å². The zero-order valence-electron chi connectivity index (χ0n) is 10.6. The monoisotopic (exact) mass is 351 g/mol. The largest absolute Gasteiger partial charge is 0.309 e. The highest BCUT2D eigenvalue weighted by atomic mass is 79.9. The Bertz CT molecular complexity index is 442. The normalized spacial score (nSPS) is 23.6. The van der Waals surface area contributed by atoms with Gasteiger partial charge in [0.15, 0.2) is 0 Å². The van der Waals surface area contributed by atoms with Crippen LogP contribution >= 0.6 is 27.5 Å². The highest BCUT2D eigenvalue weighted by Crippen LogP contribution is 2.27. The minimum absolute atomic E-state index is 0.0910. The minimum atomic E-state index is -0.522. The maximum atomic E-state index is 13.8. The van der Waals surface area contributed by atoms with Crippen molar-refractivity contribution in [2.24, 2.45) is 5.92 Å². The maximum Gasteiger partial charge on any atom is 0.144 e. The molecule has 1 nitrogen and oxygen atoms in total. The van der Waals surface area contributed by atoms with Crippen molar-refractivity contribution in [1.29, 1.82) is 0 Å².